The third kappa shape index (κ3) is 1.97. The van der Waals surface area contributed by atoms with Gasteiger partial charge in [-0.25, -0.2) is 0 Å². The molecule has 0 spiro atoms. The standard InChI is InChI=1S/C19H24O2S/c1-19-9-8-16-15-6-4-14(21-22)10-12(15)2-5-17(16)18(19)7-3-13(19)11-20/h4,6,10-11,13,16-18,22H,2-3,5,7-9H2,1H3. The van der Waals surface area contributed by atoms with E-state index in [9.17, 15) is 4.79 Å². The molecule has 2 fully saturated rings. The number of benzene rings is 1. The zero-order chi connectivity index (χ0) is 15.3. The summed E-state index contributed by atoms with van der Waals surface area (Å²) in [5.74, 6) is 3.32. The highest BCUT2D eigenvalue weighted by Crippen LogP contribution is 2.62. The van der Waals surface area contributed by atoms with Crippen LogP contribution in [0.2, 0.25) is 0 Å². The number of aryl methyl sites for hydroxylation is 1. The lowest BCUT2D eigenvalue weighted by Gasteiger charge is -2.50. The average Bonchev–Trinajstić information content (AvgIpc) is 2.90. The van der Waals surface area contributed by atoms with E-state index < -0.39 is 0 Å². The summed E-state index contributed by atoms with van der Waals surface area (Å²) in [6.07, 6.45) is 8.43. The van der Waals surface area contributed by atoms with E-state index in [1.807, 2.05) is 6.07 Å². The number of carbonyl (C=O) groups excluding carboxylic acids is 1. The van der Waals surface area contributed by atoms with E-state index in [2.05, 4.69) is 32.0 Å². The fraction of sp³-hybridized carbons (Fsp3) is 0.632. The third-order valence-electron chi connectivity index (χ3n) is 7.04. The van der Waals surface area contributed by atoms with Crippen LogP contribution in [-0.4, -0.2) is 6.29 Å². The van der Waals surface area contributed by atoms with Crippen molar-refractivity contribution in [3.8, 4) is 5.75 Å². The van der Waals surface area contributed by atoms with Crippen LogP contribution in [0.1, 0.15) is 56.1 Å². The van der Waals surface area contributed by atoms with Gasteiger partial charge in [-0.1, -0.05) is 13.0 Å². The molecule has 1 aromatic rings. The Morgan fingerprint density at radius 3 is 2.91 bits per heavy atom. The average molecular weight is 316 g/mol. The predicted molar refractivity (Wildman–Crippen MR) is 90.2 cm³/mol. The second kappa shape index (κ2) is 5.30. The maximum atomic E-state index is 11.5. The van der Waals surface area contributed by atoms with Gasteiger partial charge in [0.1, 0.15) is 12.0 Å². The number of rotatable bonds is 2. The van der Waals surface area contributed by atoms with Gasteiger partial charge in [-0.3, -0.25) is 0 Å². The van der Waals surface area contributed by atoms with E-state index in [0.717, 1.165) is 30.4 Å². The second-order valence-electron chi connectivity index (χ2n) is 7.73. The monoisotopic (exact) mass is 316 g/mol. The Morgan fingerprint density at radius 1 is 1.27 bits per heavy atom. The summed E-state index contributed by atoms with van der Waals surface area (Å²) in [7, 11) is 0. The molecule has 3 aliphatic rings. The van der Waals surface area contributed by atoms with Crippen molar-refractivity contribution in [2.24, 2.45) is 23.2 Å². The molecule has 2 saturated carbocycles. The Bertz CT molecular complexity index is 599. The van der Waals surface area contributed by atoms with Crippen LogP contribution in [0.5, 0.6) is 5.75 Å². The number of hydrogen-bond acceptors (Lipinski definition) is 3. The Hall–Kier alpha value is -0.960. The van der Waals surface area contributed by atoms with Crippen molar-refractivity contribution in [3.63, 3.8) is 0 Å². The summed E-state index contributed by atoms with van der Waals surface area (Å²) in [6.45, 7) is 2.38. The first-order chi connectivity index (χ1) is 10.7. The molecule has 0 amide bonds. The van der Waals surface area contributed by atoms with Gasteiger partial charge in [0.2, 0.25) is 0 Å². The number of thiol groups is 1. The van der Waals surface area contributed by atoms with Gasteiger partial charge in [0, 0.05) is 18.8 Å². The molecule has 1 aromatic carbocycles. The topological polar surface area (TPSA) is 26.3 Å². The Morgan fingerprint density at radius 2 is 2.14 bits per heavy atom. The molecule has 0 radical (unpaired) electrons. The molecular weight excluding hydrogens is 292 g/mol. The van der Waals surface area contributed by atoms with Crippen molar-refractivity contribution < 1.29 is 8.98 Å². The molecule has 118 valence electrons. The van der Waals surface area contributed by atoms with Gasteiger partial charge in [0.05, 0.1) is 0 Å². The molecule has 5 atom stereocenters. The quantitative estimate of drug-likeness (QED) is 0.491. The molecule has 0 heterocycles. The summed E-state index contributed by atoms with van der Waals surface area (Å²) >= 11 is 3.92. The molecule has 0 bridgehead atoms. The fourth-order valence-electron chi connectivity index (χ4n) is 5.88. The van der Waals surface area contributed by atoms with Gasteiger partial charge in [0.15, 0.2) is 0 Å². The number of fused-ring (bicyclic) bond motifs is 5. The minimum atomic E-state index is 0.259. The number of carbonyl (C=O) groups is 1. The van der Waals surface area contributed by atoms with Crippen LogP contribution in [-0.2, 0) is 11.2 Å². The highest BCUT2D eigenvalue weighted by Gasteiger charge is 2.54. The summed E-state index contributed by atoms with van der Waals surface area (Å²) in [4.78, 5) is 11.5. The number of aldehydes is 1. The van der Waals surface area contributed by atoms with Crippen molar-refractivity contribution in [2.45, 2.75) is 51.4 Å². The van der Waals surface area contributed by atoms with E-state index in [4.69, 9.17) is 4.18 Å². The highest BCUT2D eigenvalue weighted by atomic mass is 32.1. The summed E-state index contributed by atoms with van der Waals surface area (Å²) in [5.41, 5.74) is 3.23. The molecular formula is C19H24O2S. The first-order valence-electron chi connectivity index (χ1n) is 8.57. The molecule has 22 heavy (non-hydrogen) atoms. The molecule has 0 saturated heterocycles. The van der Waals surface area contributed by atoms with Crippen LogP contribution in [0.4, 0.5) is 0 Å². The second-order valence-corrected chi connectivity index (χ2v) is 7.91. The normalized spacial score (nSPS) is 39.5. The van der Waals surface area contributed by atoms with Crippen molar-refractivity contribution >= 4 is 19.2 Å². The molecule has 0 N–H and O–H groups in total. The minimum absolute atomic E-state index is 0.259. The van der Waals surface area contributed by atoms with Crippen LogP contribution >= 0.6 is 12.9 Å². The summed E-state index contributed by atoms with van der Waals surface area (Å²) in [5, 5.41) is 0. The van der Waals surface area contributed by atoms with Crippen molar-refractivity contribution in [2.75, 3.05) is 0 Å². The van der Waals surface area contributed by atoms with E-state index in [0.29, 0.717) is 11.8 Å². The predicted octanol–water partition coefficient (Wildman–Crippen LogP) is 4.58. The minimum Gasteiger partial charge on any atom is -0.429 e. The molecule has 3 aliphatic carbocycles. The molecule has 5 unspecified atom stereocenters. The van der Waals surface area contributed by atoms with Gasteiger partial charge in [-0.2, -0.15) is 0 Å². The van der Waals surface area contributed by atoms with E-state index in [1.54, 1.807) is 0 Å². The molecule has 3 heteroatoms. The summed E-state index contributed by atoms with van der Waals surface area (Å²) in [6, 6.07) is 6.46. The zero-order valence-electron chi connectivity index (χ0n) is 13.1. The van der Waals surface area contributed by atoms with Gasteiger partial charge < -0.3 is 8.98 Å². The maximum Gasteiger partial charge on any atom is 0.137 e. The lowest BCUT2D eigenvalue weighted by atomic mass is 9.54. The Kier molecular flexibility index (Phi) is 3.52. The molecule has 4 rings (SSSR count). The largest absolute Gasteiger partial charge is 0.429 e. The lowest BCUT2D eigenvalue weighted by Crippen LogP contribution is -2.42. The van der Waals surface area contributed by atoms with Gasteiger partial charge in [-0.05, 0) is 85.0 Å². The Labute approximate surface area is 138 Å². The first kappa shape index (κ1) is 14.6. The van der Waals surface area contributed by atoms with E-state index in [1.165, 1.54) is 43.1 Å². The summed E-state index contributed by atoms with van der Waals surface area (Å²) < 4.78 is 5.09. The smallest absolute Gasteiger partial charge is 0.137 e. The number of hydrogen-bond donors (Lipinski definition) is 1. The molecule has 2 nitrogen and oxygen atoms in total. The van der Waals surface area contributed by atoms with Gasteiger partial charge in [0.25, 0.3) is 0 Å². The van der Waals surface area contributed by atoms with E-state index in [-0.39, 0.29) is 5.41 Å². The van der Waals surface area contributed by atoms with Crippen LogP contribution in [0.25, 0.3) is 0 Å². The van der Waals surface area contributed by atoms with Crippen molar-refractivity contribution in [1.29, 1.82) is 0 Å². The molecule has 0 aliphatic heterocycles. The SMILES string of the molecule is CC12CCC3c4ccc(OS)cc4CCC3C1CCC2C=O. The third-order valence-corrected chi connectivity index (χ3v) is 7.25. The fourth-order valence-corrected chi connectivity index (χ4v) is 5.99. The van der Waals surface area contributed by atoms with E-state index >= 15 is 0 Å². The Balaban J connectivity index is 1.67. The van der Waals surface area contributed by atoms with Gasteiger partial charge in [-0.15, -0.1) is 0 Å². The van der Waals surface area contributed by atoms with Crippen LogP contribution < -0.4 is 4.18 Å². The maximum absolute atomic E-state index is 11.5. The first-order valence-corrected chi connectivity index (χ1v) is 8.93. The lowest BCUT2D eigenvalue weighted by molar-refractivity contribution is -0.115. The van der Waals surface area contributed by atoms with Crippen molar-refractivity contribution in [1.82, 2.24) is 0 Å². The van der Waals surface area contributed by atoms with Crippen LogP contribution in [0, 0.1) is 23.2 Å². The van der Waals surface area contributed by atoms with Gasteiger partial charge >= 0.3 is 0 Å². The molecule has 0 aromatic heterocycles. The zero-order valence-corrected chi connectivity index (χ0v) is 14.0. The van der Waals surface area contributed by atoms with Crippen LogP contribution in [0.3, 0.4) is 0 Å². The highest BCUT2D eigenvalue weighted by molar-refractivity contribution is 7.75. The van der Waals surface area contributed by atoms with Crippen molar-refractivity contribution in [3.05, 3.63) is 29.3 Å². The van der Waals surface area contributed by atoms with Crippen LogP contribution in [0.15, 0.2) is 18.2 Å².